The molecule has 0 amide bonds. The van der Waals surface area contributed by atoms with Gasteiger partial charge in [0.2, 0.25) is 0 Å². The Hall–Kier alpha value is -0.940. The van der Waals surface area contributed by atoms with E-state index in [1.165, 1.54) is 24.2 Å². The van der Waals surface area contributed by atoms with Crippen LogP contribution in [0, 0.1) is 11.8 Å². The van der Waals surface area contributed by atoms with E-state index in [1.807, 2.05) is 0 Å². The Morgan fingerprint density at radius 1 is 1.32 bits per heavy atom. The quantitative estimate of drug-likeness (QED) is 0.899. The van der Waals surface area contributed by atoms with E-state index >= 15 is 0 Å². The van der Waals surface area contributed by atoms with E-state index in [2.05, 4.69) is 23.7 Å². The minimum Gasteiger partial charge on any atom is -0.477 e. The van der Waals surface area contributed by atoms with E-state index in [0.717, 1.165) is 61.4 Å². The van der Waals surface area contributed by atoms with E-state index in [9.17, 15) is 9.90 Å². The lowest BCUT2D eigenvalue weighted by Crippen LogP contribution is -2.39. The lowest BCUT2D eigenvalue weighted by molar-refractivity contribution is 0.0699. The maximum absolute atomic E-state index is 11.4. The molecule has 2 heterocycles. The third-order valence-electron chi connectivity index (χ3n) is 4.97. The minimum absolute atomic E-state index is 0.395. The van der Waals surface area contributed by atoms with Crippen LogP contribution in [0.15, 0.2) is 0 Å². The van der Waals surface area contributed by atoms with Gasteiger partial charge in [0.1, 0.15) is 4.88 Å². The normalized spacial score (nSPS) is 26.8. The van der Waals surface area contributed by atoms with Crippen molar-refractivity contribution < 1.29 is 9.90 Å². The van der Waals surface area contributed by atoms with Gasteiger partial charge < -0.3 is 10.0 Å². The molecule has 22 heavy (non-hydrogen) atoms. The van der Waals surface area contributed by atoms with Crippen LogP contribution < -0.4 is 0 Å². The summed E-state index contributed by atoms with van der Waals surface area (Å²) >= 11 is 1.40. The Balaban J connectivity index is 1.63. The summed E-state index contributed by atoms with van der Waals surface area (Å²) in [5.74, 6) is 1.12. The van der Waals surface area contributed by atoms with Crippen molar-refractivity contribution in [2.45, 2.75) is 51.9 Å². The maximum atomic E-state index is 11.4. The number of aromatic nitrogens is 1. The molecule has 122 valence electrons. The number of rotatable bonds is 5. The van der Waals surface area contributed by atoms with Crippen LogP contribution >= 0.6 is 11.3 Å². The number of thiazole rings is 1. The van der Waals surface area contributed by atoms with Crippen molar-refractivity contribution >= 4 is 17.3 Å². The van der Waals surface area contributed by atoms with Crippen molar-refractivity contribution in [3.8, 4) is 0 Å². The fourth-order valence-electron chi connectivity index (χ4n) is 3.82. The van der Waals surface area contributed by atoms with Crippen LogP contribution in [0.5, 0.6) is 0 Å². The molecule has 0 aromatic carbocycles. The van der Waals surface area contributed by atoms with Crippen LogP contribution in [-0.2, 0) is 6.42 Å². The average molecular weight is 322 g/mol. The third kappa shape index (κ3) is 3.51. The fraction of sp³-hybridized carbons (Fsp3) is 0.765. The molecule has 1 N–H and O–H groups in total. The van der Waals surface area contributed by atoms with E-state index in [1.54, 1.807) is 0 Å². The largest absolute Gasteiger partial charge is 0.477 e. The Labute approximate surface area is 136 Å². The van der Waals surface area contributed by atoms with Gasteiger partial charge in [0, 0.05) is 32.0 Å². The lowest BCUT2D eigenvalue weighted by Gasteiger charge is -2.34. The molecule has 0 spiro atoms. The topological polar surface area (TPSA) is 53.4 Å². The van der Waals surface area contributed by atoms with Crippen molar-refractivity contribution in [1.82, 2.24) is 9.88 Å². The molecule has 1 aliphatic carbocycles. The first kappa shape index (κ1) is 15.9. The highest BCUT2D eigenvalue weighted by atomic mass is 32.1. The molecule has 0 radical (unpaired) electrons. The van der Waals surface area contributed by atoms with Crippen LogP contribution in [0.4, 0.5) is 0 Å². The van der Waals surface area contributed by atoms with Gasteiger partial charge >= 0.3 is 5.97 Å². The molecule has 2 fully saturated rings. The van der Waals surface area contributed by atoms with Crippen molar-refractivity contribution in [1.29, 1.82) is 0 Å². The molecule has 2 atom stereocenters. The summed E-state index contributed by atoms with van der Waals surface area (Å²) in [5, 5.41) is 10.4. The summed E-state index contributed by atoms with van der Waals surface area (Å²) in [6.45, 7) is 7.98. The van der Waals surface area contributed by atoms with E-state index in [0.29, 0.717) is 10.8 Å². The average Bonchev–Trinajstić information content (AvgIpc) is 2.77. The molecule has 0 bridgehead atoms. The molecule has 1 aliphatic heterocycles. The molecule has 1 saturated carbocycles. The zero-order valence-electron chi connectivity index (χ0n) is 13.5. The summed E-state index contributed by atoms with van der Waals surface area (Å²) in [7, 11) is 0. The van der Waals surface area contributed by atoms with Crippen molar-refractivity contribution in [2.24, 2.45) is 11.8 Å². The first-order valence-electron chi connectivity index (χ1n) is 8.48. The molecule has 5 heteroatoms. The van der Waals surface area contributed by atoms with Gasteiger partial charge in [-0.25, -0.2) is 9.78 Å². The molecular formula is C17H26N2O2S. The second-order valence-electron chi connectivity index (χ2n) is 7.21. The number of carboxylic acid groups (broad SMARTS) is 1. The van der Waals surface area contributed by atoms with Gasteiger partial charge in [0.25, 0.3) is 0 Å². The zero-order chi connectivity index (χ0) is 15.7. The number of carbonyl (C=O) groups is 1. The standard InChI is InChI=1S/C17H26N2O2S/c1-11-8-12(2)10-19(9-11)7-6-14-18-15(13-4-3-5-13)16(22-14)17(20)21/h11-13H,3-10H2,1-2H3,(H,20,21). The first-order valence-corrected chi connectivity index (χ1v) is 9.29. The zero-order valence-corrected chi connectivity index (χ0v) is 14.4. The summed E-state index contributed by atoms with van der Waals surface area (Å²) in [4.78, 5) is 19.1. The van der Waals surface area contributed by atoms with Crippen molar-refractivity contribution in [3.63, 3.8) is 0 Å². The van der Waals surface area contributed by atoms with Crippen LogP contribution in [0.3, 0.4) is 0 Å². The number of likely N-dealkylation sites (tertiary alicyclic amines) is 1. The van der Waals surface area contributed by atoms with Crippen LogP contribution in [0.25, 0.3) is 0 Å². The van der Waals surface area contributed by atoms with Gasteiger partial charge in [-0.1, -0.05) is 20.3 Å². The number of hydrogen-bond donors (Lipinski definition) is 1. The molecule has 3 rings (SSSR count). The highest BCUT2D eigenvalue weighted by Crippen LogP contribution is 2.39. The maximum Gasteiger partial charge on any atom is 0.347 e. The monoisotopic (exact) mass is 322 g/mol. The molecule has 1 saturated heterocycles. The van der Waals surface area contributed by atoms with Crippen LogP contribution in [0.1, 0.15) is 65.8 Å². The van der Waals surface area contributed by atoms with Gasteiger partial charge in [0.05, 0.1) is 10.7 Å². The summed E-state index contributed by atoms with van der Waals surface area (Å²) < 4.78 is 0. The Morgan fingerprint density at radius 2 is 2.00 bits per heavy atom. The lowest BCUT2D eigenvalue weighted by atomic mass is 9.82. The number of nitrogens with zero attached hydrogens (tertiary/aromatic N) is 2. The van der Waals surface area contributed by atoms with Crippen molar-refractivity contribution in [2.75, 3.05) is 19.6 Å². The molecule has 4 nitrogen and oxygen atoms in total. The van der Waals surface area contributed by atoms with E-state index in [4.69, 9.17) is 0 Å². The highest BCUT2D eigenvalue weighted by molar-refractivity contribution is 7.13. The molecule has 2 unspecified atom stereocenters. The predicted molar refractivity (Wildman–Crippen MR) is 88.8 cm³/mol. The van der Waals surface area contributed by atoms with Crippen LogP contribution in [0.2, 0.25) is 0 Å². The smallest absolute Gasteiger partial charge is 0.347 e. The number of piperidine rings is 1. The fourth-order valence-corrected chi connectivity index (χ4v) is 4.80. The van der Waals surface area contributed by atoms with Crippen LogP contribution in [-0.4, -0.2) is 40.6 Å². The molecule has 1 aromatic rings. The first-order chi connectivity index (χ1) is 10.5. The van der Waals surface area contributed by atoms with Gasteiger partial charge in [-0.15, -0.1) is 11.3 Å². The third-order valence-corrected chi connectivity index (χ3v) is 6.09. The summed E-state index contributed by atoms with van der Waals surface area (Å²) in [6, 6.07) is 0. The SMILES string of the molecule is CC1CC(C)CN(CCc2nc(C3CCC3)c(C(=O)O)s2)C1. The molecule has 1 aromatic heterocycles. The summed E-state index contributed by atoms with van der Waals surface area (Å²) in [5.41, 5.74) is 0.860. The Kier molecular flexibility index (Phi) is 4.83. The van der Waals surface area contributed by atoms with Gasteiger partial charge in [-0.2, -0.15) is 0 Å². The van der Waals surface area contributed by atoms with E-state index < -0.39 is 5.97 Å². The van der Waals surface area contributed by atoms with Gasteiger partial charge in [0.15, 0.2) is 0 Å². The van der Waals surface area contributed by atoms with E-state index in [-0.39, 0.29) is 0 Å². The highest BCUT2D eigenvalue weighted by Gasteiger charge is 2.29. The molecular weight excluding hydrogens is 296 g/mol. The Bertz CT molecular complexity index is 529. The van der Waals surface area contributed by atoms with Gasteiger partial charge in [-0.05, 0) is 31.1 Å². The Morgan fingerprint density at radius 3 is 2.55 bits per heavy atom. The second-order valence-corrected chi connectivity index (χ2v) is 8.29. The summed E-state index contributed by atoms with van der Waals surface area (Å²) in [6.07, 6.45) is 5.62. The predicted octanol–water partition coefficient (Wildman–Crippen LogP) is 3.63. The van der Waals surface area contributed by atoms with Crippen molar-refractivity contribution in [3.05, 3.63) is 15.6 Å². The number of aromatic carboxylic acids is 1. The molecule has 2 aliphatic rings. The minimum atomic E-state index is -0.800. The van der Waals surface area contributed by atoms with Gasteiger partial charge in [-0.3, -0.25) is 0 Å². The number of carboxylic acids is 1. The second kappa shape index (κ2) is 6.67. The number of hydrogen-bond acceptors (Lipinski definition) is 4.